The van der Waals surface area contributed by atoms with E-state index in [0.29, 0.717) is 40.9 Å². The lowest BCUT2D eigenvalue weighted by Crippen LogP contribution is -2.32. The van der Waals surface area contributed by atoms with Crippen molar-refractivity contribution in [1.82, 2.24) is 24.6 Å². The molecule has 1 aliphatic rings. The minimum absolute atomic E-state index is 0. The van der Waals surface area contributed by atoms with E-state index in [4.69, 9.17) is 4.74 Å². The zero-order valence-electron chi connectivity index (χ0n) is 21.2. The van der Waals surface area contributed by atoms with Gasteiger partial charge in [0.2, 0.25) is 0 Å². The van der Waals surface area contributed by atoms with Crippen molar-refractivity contribution in [3.8, 4) is 34.5 Å². The Morgan fingerprint density at radius 1 is 1.03 bits per heavy atom. The second-order valence-corrected chi connectivity index (χ2v) is 9.37. The van der Waals surface area contributed by atoms with Gasteiger partial charge in [-0.25, -0.2) is 14.6 Å². The largest absolute Gasteiger partial charge is 0.490 e. The van der Waals surface area contributed by atoms with Gasteiger partial charge in [-0.2, -0.15) is 10.4 Å². The lowest BCUT2D eigenvalue weighted by Gasteiger charge is -2.28. The van der Waals surface area contributed by atoms with Crippen molar-refractivity contribution in [3.63, 3.8) is 0 Å². The molecule has 0 unspecified atom stereocenters. The van der Waals surface area contributed by atoms with Gasteiger partial charge in [0.25, 0.3) is 5.56 Å². The lowest BCUT2D eigenvalue weighted by atomic mass is 9.98. The molecular formula is C29H29ClN6O2. The predicted molar refractivity (Wildman–Crippen MR) is 148 cm³/mol. The highest BCUT2D eigenvalue weighted by Crippen LogP contribution is 2.22. The van der Waals surface area contributed by atoms with Gasteiger partial charge in [0.05, 0.1) is 42.9 Å². The van der Waals surface area contributed by atoms with Crippen LogP contribution < -0.4 is 10.3 Å². The number of nitriles is 1. The van der Waals surface area contributed by atoms with E-state index in [0.717, 1.165) is 37.1 Å². The standard InChI is InChI=1S/C29H28N6O2.ClH/c1-34-13-11-21(12-14-34)20-37-25-17-31-29(32-18-25)23-7-4-5-22(15-23)19-35-28(36)10-9-27(33-35)26-8-3-2-6-24(26)16-30;/h2-10,15,17-18,21H,11-14,19-20H2,1H3;1H. The Labute approximate surface area is 228 Å². The molecule has 3 heterocycles. The van der Waals surface area contributed by atoms with Crippen LogP contribution in [-0.4, -0.2) is 51.4 Å². The first kappa shape index (κ1) is 27.0. The molecular weight excluding hydrogens is 500 g/mol. The molecule has 0 spiro atoms. The molecule has 1 fully saturated rings. The zero-order valence-corrected chi connectivity index (χ0v) is 22.0. The SMILES string of the molecule is CN1CCC(COc2cnc(-c3cccc(Cn4nc(-c5ccccc5C#N)ccc4=O)c3)nc2)CC1.Cl. The maximum Gasteiger partial charge on any atom is 0.267 e. The summed E-state index contributed by atoms with van der Waals surface area (Å²) in [7, 11) is 2.15. The Bertz CT molecular complexity index is 1470. The van der Waals surface area contributed by atoms with Crippen LogP contribution in [0.2, 0.25) is 0 Å². The van der Waals surface area contributed by atoms with Gasteiger partial charge in [0.15, 0.2) is 11.6 Å². The van der Waals surface area contributed by atoms with Crippen molar-refractivity contribution in [2.45, 2.75) is 19.4 Å². The van der Waals surface area contributed by atoms with Crippen molar-refractivity contribution in [1.29, 1.82) is 5.26 Å². The normalized spacial score (nSPS) is 13.9. The molecule has 194 valence electrons. The van der Waals surface area contributed by atoms with E-state index in [2.05, 4.69) is 33.1 Å². The molecule has 4 aromatic rings. The minimum Gasteiger partial charge on any atom is -0.490 e. The number of piperidine rings is 1. The Hall–Kier alpha value is -4.06. The second-order valence-electron chi connectivity index (χ2n) is 9.37. The van der Waals surface area contributed by atoms with E-state index < -0.39 is 0 Å². The highest BCUT2D eigenvalue weighted by atomic mass is 35.5. The number of rotatable bonds is 7. The summed E-state index contributed by atoms with van der Waals surface area (Å²) in [6, 6.07) is 20.3. The Balaban J connectivity index is 0.00000336. The van der Waals surface area contributed by atoms with Gasteiger partial charge in [0, 0.05) is 17.2 Å². The zero-order chi connectivity index (χ0) is 25.6. The first-order chi connectivity index (χ1) is 18.1. The molecule has 0 radical (unpaired) electrons. The highest BCUT2D eigenvalue weighted by molar-refractivity contribution is 5.85. The first-order valence-electron chi connectivity index (χ1n) is 12.4. The molecule has 2 aromatic carbocycles. The average molecular weight is 529 g/mol. The third-order valence-corrected chi connectivity index (χ3v) is 6.66. The van der Waals surface area contributed by atoms with Gasteiger partial charge in [-0.1, -0.05) is 36.4 Å². The van der Waals surface area contributed by atoms with E-state index in [-0.39, 0.29) is 24.5 Å². The fraction of sp³-hybridized carbons (Fsp3) is 0.276. The Morgan fingerprint density at radius 3 is 2.55 bits per heavy atom. The van der Waals surface area contributed by atoms with E-state index in [9.17, 15) is 10.1 Å². The molecule has 2 aromatic heterocycles. The summed E-state index contributed by atoms with van der Waals surface area (Å²) >= 11 is 0. The molecule has 0 saturated carbocycles. The second kappa shape index (κ2) is 12.5. The van der Waals surface area contributed by atoms with Crippen molar-refractivity contribution < 1.29 is 4.74 Å². The molecule has 0 N–H and O–H groups in total. The maximum atomic E-state index is 12.5. The molecule has 9 heteroatoms. The molecule has 0 aliphatic carbocycles. The molecule has 0 atom stereocenters. The average Bonchev–Trinajstić information content (AvgIpc) is 2.94. The molecule has 8 nitrogen and oxygen atoms in total. The fourth-order valence-electron chi connectivity index (χ4n) is 4.47. The van der Waals surface area contributed by atoms with Crippen molar-refractivity contribution in [3.05, 3.63) is 94.5 Å². The van der Waals surface area contributed by atoms with Crippen LogP contribution >= 0.6 is 12.4 Å². The van der Waals surface area contributed by atoms with Crippen molar-refractivity contribution >= 4 is 12.4 Å². The third-order valence-electron chi connectivity index (χ3n) is 6.66. The molecule has 38 heavy (non-hydrogen) atoms. The van der Waals surface area contributed by atoms with Crippen LogP contribution in [-0.2, 0) is 6.54 Å². The highest BCUT2D eigenvalue weighted by Gasteiger charge is 2.17. The van der Waals surface area contributed by atoms with Crippen LogP contribution in [0.4, 0.5) is 0 Å². The Morgan fingerprint density at radius 2 is 1.79 bits per heavy atom. The lowest BCUT2D eigenvalue weighted by molar-refractivity contribution is 0.159. The quantitative estimate of drug-likeness (QED) is 0.350. The van der Waals surface area contributed by atoms with Crippen LogP contribution in [0.15, 0.2) is 77.9 Å². The van der Waals surface area contributed by atoms with Crippen LogP contribution in [0.3, 0.4) is 0 Å². The summed E-state index contributed by atoms with van der Waals surface area (Å²) in [5.41, 5.74) is 3.30. The van der Waals surface area contributed by atoms with Gasteiger partial charge >= 0.3 is 0 Å². The topological polar surface area (TPSA) is 96.9 Å². The van der Waals surface area contributed by atoms with Gasteiger partial charge in [0.1, 0.15) is 0 Å². The van der Waals surface area contributed by atoms with Gasteiger partial charge in [-0.05, 0) is 62.7 Å². The van der Waals surface area contributed by atoms with E-state index in [1.165, 1.54) is 10.7 Å². The summed E-state index contributed by atoms with van der Waals surface area (Å²) in [6.07, 6.45) is 5.72. The molecule has 5 rings (SSSR count). The minimum atomic E-state index is -0.217. The summed E-state index contributed by atoms with van der Waals surface area (Å²) < 4.78 is 7.35. The van der Waals surface area contributed by atoms with Gasteiger partial charge in [-0.3, -0.25) is 4.79 Å². The van der Waals surface area contributed by atoms with Crippen LogP contribution in [0.5, 0.6) is 5.75 Å². The predicted octanol–water partition coefficient (Wildman–Crippen LogP) is 4.43. The number of ether oxygens (including phenoxy) is 1. The summed E-state index contributed by atoms with van der Waals surface area (Å²) in [5, 5.41) is 14.0. The molecule has 0 bridgehead atoms. The smallest absolute Gasteiger partial charge is 0.267 e. The van der Waals surface area contributed by atoms with E-state index >= 15 is 0 Å². The number of nitrogens with zero attached hydrogens (tertiary/aromatic N) is 6. The van der Waals surface area contributed by atoms with E-state index in [1.807, 2.05) is 36.4 Å². The number of halogens is 1. The monoisotopic (exact) mass is 528 g/mol. The number of aromatic nitrogens is 4. The van der Waals surface area contributed by atoms with E-state index in [1.54, 1.807) is 30.6 Å². The van der Waals surface area contributed by atoms with Crippen molar-refractivity contribution in [2.75, 3.05) is 26.7 Å². The summed E-state index contributed by atoms with van der Waals surface area (Å²) in [6.45, 7) is 3.19. The first-order valence-corrected chi connectivity index (χ1v) is 12.4. The number of hydrogen-bond donors (Lipinski definition) is 0. The fourth-order valence-corrected chi connectivity index (χ4v) is 4.47. The number of hydrogen-bond acceptors (Lipinski definition) is 7. The molecule has 1 saturated heterocycles. The maximum absolute atomic E-state index is 12.5. The Kier molecular flexibility index (Phi) is 8.85. The van der Waals surface area contributed by atoms with Crippen LogP contribution in [0.1, 0.15) is 24.0 Å². The summed E-state index contributed by atoms with van der Waals surface area (Å²) in [4.78, 5) is 23.9. The molecule has 1 aliphatic heterocycles. The summed E-state index contributed by atoms with van der Waals surface area (Å²) in [5.74, 6) is 1.83. The number of likely N-dealkylation sites (tertiary alicyclic amines) is 1. The van der Waals surface area contributed by atoms with Gasteiger partial charge in [-0.15, -0.1) is 12.4 Å². The number of benzene rings is 2. The molecule has 0 amide bonds. The van der Waals surface area contributed by atoms with Crippen LogP contribution in [0, 0.1) is 17.2 Å². The van der Waals surface area contributed by atoms with Gasteiger partial charge < -0.3 is 9.64 Å². The van der Waals surface area contributed by atoms with Crippen LogP contribution in [0.25, 0.3) is 22.6 Å². The van der Waals surface area contributed by atoms with Crippen molar-refractivity contribution in [2.24, 2.45) is 5.92 Å². The third kappa shape index (κ3) is 6.43.